The number of hydrogen-bond donors (Lipinski definition) is 4. The first-order valence-corrected chi connectivity index (χ1v) is 15.0. The number of nitrogens with zero attached hydrogens (tertiary/aromatic N) is 2. The standard InChI is InChI=1S/C30H36N4O8S/c1-18-11-26(33-42-18)32-27(37)16-43-17-28(38)34(21-13-22(40-2)15-23(14-21)41-3)29(19-9-10-24(35)25(36)12-19)30(39)31-20-7-5-4-6-8-20/h9-15,20,29,35-36H,4-8,16-17H2,1-3H3,(H,31,39)(H,32,33,37)/t29-/m1/s1. The predicted molar refractivity (Wildman–Crippen MR) is 162 cm³/mol. The van der Waals surface area contributed by atoms with Crippen LogP contribution in [0.3, 0.4) is 0 Å². The second-order valence-corrected chi connectivity index (χ2v) is 11.2. The molecule has 3 aromatic rings. The van der Waals surface area contributed by atoms with Crippen LogP contribution in [0.15, 0.2) is 47.0 Å². The van der Waals surface area contributed by atoms with Crippen LogP contribution in [0.4, 0.5) is 11.5 Å². The van der Waals surface area contributed by atoms with Crippen LogP contribution in [0.25, 0.3) is 0 Å². The van der Waals surface area contributed by atoms with Crippen molar-refractivity contribution in [2.24, 2.45) is 0 Å². The Kier molecular flexibility index (Phi) is 10.8. The fourth-order valence-corrected chi connectivity index (χ4v) is 5.60. The number of aromatic nitrogens is 1. The molecule has 0 aliphatic heterocycles. The summed E-state index contributed by atoms with van der Waals surface area (Å²) < 4.78 is 15.8. The number of thioether (sulfide) groups is 1. The number of hydrogen-bond acceptors (Lipinski definition) is 10. The molecule has 13 heteroatoms. The van der Waals surface area contributed by atoms with Crippen LogP contribution >= 0.6 is 11.8 Å². The van der Waals surface area contributed by atoms with E-state index < -0.39 is 23.6 Å². The lowest BCUT2D eigenvalue weighted by Crippen LogP contribution is -2.48. The highest BCUT2D eigenvalue weighted by molar-refractivity contribution is 8.00. The number of anilines is 2. The van der Waals surface area contributed by atoms with Crippen molar-refractivity contribution in [1.29, 1.82) is 0 Å². The van der Waals surface area contributed by atoms with Gasteiger partial charge in [-0.15, -0.1) is 11.8 Å². The maximum atomic E-state index is 14.0. The van der Waals surface area contributed by atoms with Gasteiger partial charge in [-0.25, -0.2) is 0 Å². The molecule has 12 nitrogen and oxygen atoms in total. The molecule has 43 heavy (non-hydrogen) atoms. The van der Waals surface area contributed by atoms with Crippen molar-refractivity contribution in [2.75, 3.05) is 35.9 Å². The average molecular weight is 613 g/mol. The van der Waals surface area contributed by atoms with Gasteiger partial charge in [-0.3, -0.25) is 19.3 Å². The third kappa shape index (κ3) is 8.34. The molecule has 0 saturated heterocycles. The van der Waals surface area contributed by atoms with Crippen LogP contribution in [-0.2, 0) is 14.4 Å². The number of carbonyl (C=O) groups is 3. The van der Waals surface area contributed by atoms with Crippen LogP contribution in [0.1, 0.15) is 49.5 Å². The Balaban J connectivity index is 1.67. The van der Waals surface area contributed by atoms with Gasteiger partial charge in [0.05, 0.1) is 31.4 Å². The SMILES string of the molecule is COc1cc(OC)cc(N(C(=O)CSCC(=O)Nc2cc(C)on2)[C@@H](C(=O)NC2CCCCC2)c2ccc(O)c(O)c2)c1. The van der Waals surface area contributed by atoms with E-state index in [1.54, 1.807) is 31.2 Å². The highest BCUT2D eigenvalue weighted by Gasteiger charge is 2.35. The Morgan fingerprint density at radius 3 is 2.30 bits per heavy atom. The third-order valence-corrected chi connectivity index (χ3v) is 7.93. The summed E-state index contributed by atoms with van der Waals surface area (Å²) in [7, 11) is 2.95. The van der Waals surface area contributed by atoms with E-state index in [1.807, 2.05) is 0 Å². The van der Waals surface area contributed by atoms with Crippen LogP contribution in [-0.4, -0.2) is 64.9 Å². The minimum absolute atomic E-state index is 0.0636. The number of rotatable bonds is 12. The molecular weight excluding hydrogens is 576 g/mol. The number of benzene rings is 2. The molecule has 1 aliphatic carbocycles. The van der Waals surface area contributed by atoms with E-state index in [0.29, 0.717) is 22.9 Å². The van der Waals surface area contributed by atoms with E-state index in [2.05, 4.69) is 15.8 Å². The Hall–Kier alpha value is -4.39. The van der Waals surface area contributed by atoms with Crippen molar-refractivity contribution in [3.63, 3.8) is 0 Å². The van der Waals surface area contributed by atoms with Gasteiger partial charge in [-0.1, -0.05) is 30.5 Å². The van der Waals surface area contributed by atoms with Crippen molar-refractivity contribution in [3.05, 3.63) is 53.8 Å². The van der Waals surface area contributed by atoms with Gasteiger partial charge in [0.25, 0.3) is 0 Å². The molecular formula is C30H36N4O8S. The highest BCUT2D eigenvalue weighted by atomic mass is 32.2. The summed E-state index contributed by atoms with van der Waals surface area (Å²) in [5, 5.41) is 29.8. The number of phenols is 2. The zero-order chi connectivity index (χ0) is 30.9. The fourth-order valence-electron chi connectivity index (χ4n) is 4.93. The number of aromatic hydroxyl groups is 2. The Labute approximate surface area is 253 Å². The van der Waals surface area contributed by atoms with Gasteiger partial charge in [0.2, 0.25) is 17.7 Å². The lowest BCUT2D eigenvalue weighted by molar-refractivity contribution is -0.126. The molecule has 4 rings (SSSR count). The summed E-state index contributed by atoms with van der Waals surface area (Å²) in [6.45, 7) is 1.70. The van der Waals surface area contributed by atoms with Gasteiger partial charge in [0.15, 0.2) is 17.3 Å². The molecule has 1 heterocycles. The van der Waals surface area contributed by atoms with Crippen molar-refractivity contribution < 1.29 is 38.6 Å². The molecule has 4 N–H and O–H groups in total. The van der Waals surface area contributed by atoms with Gasteiger partial charge >= 0.3 is 0 Å². The number of nitrogens with one attached hydrogen (secondary N) is 2. The Morgan fingerprint density at radius 1 is 1.00 bits per heavy atom. The maximum absolute atomic E-state index is 14.0. The third-order valence-electron chi connectivity index (χ3n) is 7.01. The lowest BCUT2D eigenvalue weighted by Gasteiger charge is -2.34. The largest absolute Gasteiger partial charge is 0.504 e. The van der Waals surface area contributed by atoms with Crippen LogP contribution in [0.5, 0.6) is 23.0 Å². The molecule has 3 amide bonds. The first-order chi connectivity index (χ1) is 20.7. The fraction of sp³-hybridized carbons (Fsp3) is 0.400. The van der Waals surface area contributed by atoms with E-state index >= 15 is 0 Å². The summed E-state index contributed by atoms with van der Waals surface area (Å²) in [4.78, 5) is 41.8. The zero-order valence-electron chi connectivity index (χ0n) is 24.3. The smallest absolute Gasteiger partial charge is 0.248 e. The molecule has 2 aromatic carbocycles. The van der Waals surface area contributed by atoms with Gasteiger partial charge in [-0.2, -0.15) is 0 Å². The summed E-state index contributed by atoms with van der Waals surface area (Å²) >= 11 is 1.06. The van der Waals surface area contributed by atoms with E-state index in [4.69, 9.17) is 14.0 Å². The summed E-state index contributed by atoms with van der Waals surface area (Å²) in [5.41, 5.74) is 0.587. The molecule has 0 radical (unpaired) electrons. The first kappa shape index (κ1) is 31.5. The topological polar surface area (TPSA) is 163 Å². The molecule has 1 aliphatic rings. The quantitative estimate of drug-likeness (QED) is 0.217. The summed E-state index contributed by atoms with van der Waals surface area (Å²) in [5.74, 6) is -0.740. The van der Waals surface area contributed by atoms with Crippen molar-refractivity contribution >= 4 is 41.0 Å². The van der Waals surface area contributed by atoms with Gasteiger partial charge in [0, 0.05) is 30.3 Å². The van der Waals surface area contributed by atoms with E-state index in [9.17, 15) is 24.6 Å². The monoisotopic (exact) mass is 612 g/mol. The molecule has 0 unspecified atom stereocenters. The van der Waals surface area contributed by atoms with Gasteiger partial charge in [0.1, 0.15) is 23.3 Å². The van der Waals surface area contributed by atoms with Crippen LogP contribution in [0, 0.1) is 6.92 Å². The maximum Gasteiger partial charge on any atom is 0.248 e. The van der Waals surface area contributed by atoms with Gasteiger partial charge < -0.3 is 34.8 Å². The van der Waals surface area contributed by atoms with E-state index in [0.717, 1.165) is 43.9 Å². The highest BCUT2D eigenvalue weighted by Crippen LogP contribution is 2.37. The minimum Gasteiger partial charge on any atom is -0.504 e. The van der Waals surface area contributed by atoms with E-state index in [-0.39, 0.29) is 40.6 Å². The average Bonchev–Trinajstić information content (AvgIpc) is 3.41. The van der Waals surface area contributed by atoms with E-state index in [1.165, 1.54) is 37.3 Å². The number of phenolic OH excluding ortho intramolecular Hbond substituents is 2. The Bertz CT molecular complexity index is 1420. The minimum atomic E-state index is -1.23. The molecule has 0 bridgehead atoms. The van der Waals surface area contributed by atoms with Gasteiger partial charge in [-0.05, 0) is 37.5 Å². The normalized spacial score (nSPS) is 14.0. The van der Waals surface area contributed by atoms with Crippen molar-refractivity contribution in [3.8, 4) is 23.0 Å². The molecule has 1 saturated carbocycles. The number of ether oxygens (including phenoxy) is 2. The second-order valence-electron chi connectivity index (χ2n) is 10.2. The predicted octanol–water partition coefficient (Wildman–Crippen LogP) is 4.31. The number of amides is 3. The molecule has 230 valence electrons. The van der Waals surface area contributed by atoms with Crippen molar-refractivity contribution in [2.45, 2.75) is 51.1 Å². The first-order valence-electron chi connectivity index (χ1n) is 13.9. The summed E-state index contributed by atoms with van der Waals surface area (Å²) in [6.07, 6.45) is 4.69. The molecule has 0 spiro atoms. The van der Waals surface area contributed by atoms with Crippen LogP contribution in [0.2, 0.25) is 0 Å². The van der Waals surface area contributed by atoms with Crippen LogP contribution < -0.4 is 25.0 Å². The second kappa shape index (κ2) is 14.7. The number of aryl methyl sites for hydroxylation is 1. The lowest BCUT2D eigenvalue weighted by atomic mass is 9.94. The zero-order valence-corrected chi connectivity index (χ0v) is 25.1. The number of carbonyl (C=O) groups excluding carboxylic acids is 3. The van der Waals surface area contributed by atoms with Crippen molar-refractivity contribution in [1.82, 2.24) is 10.5 Å². The number of methoxy groups -OCH3 is 2. The molecule has 1 aromatic heterocycles. The molecule has 1 atom stereocenters. The Morgan fingerprint density at radius 2 is 1.70 bits per heavy atom. The summed E-state index contributed by atoms with van der Waals surface area (Å²) in [6, 6.07) is 9.14. The molecule has 1 fully saturated rings.